The highest BCUT2D eigenvalue weighted by atomic mass is 16.7. The maximum atomic E-state index is 13.3. The third kappa shape index (κ3) is 6.15. The topological polar surface area (TPSA) is 77.1 Å². The number of nitrogens with one attached hydrogen (secondary N) is 1. The van der Waals surface area contributed by atoms with Crippen LogP contribution in [0.1, 0.15) is 45.2 Å². The van der Waals surface area contributed by atoms with Gasteiger partial charge in [0.25, 0.3) is 0 Å². The summed E-state index contributed by atoms with van der Waals surface area (Å²) in [6.07, 6.45) is 0.825. The molecule has 0 saturated heterocycles. The normalized spacial score (nSPS) is 13.4. The van der Waals surface area contributed by atoms with Crippen molar-refractivity contribution in [2.75, 3.05) is 13.9 Å². The molecule has 0 spiro atoms. The molecular weight excluding hydrogens is 408 g/mol. The number of aryl methyl sites for hydroxylation is 1. The Morgan fingerprint density at radius 3 is 2.38 bits per heavy atom. The summed E-state index contributed by atoms with van der Waals surface area (Å²) in [6.45, 7) is 8.09. The molecule has 7 nitrogen and oxygen atoms in total. The number of carbonyl (C=O) groups excluding carboxylic acids is 2. The van der Waals surface area contributed by atoms with Gasteiger partial charge in [-0.2, -0.15) is 0 Å². The molecule has 1 heterocycles. The molecule has 1 N–H and O–H groups in total. The molecule has 1 atom stereocenters. The number of amides is 2. The maximum absolute atomic E-state index is 13.3. The smallest absolute Gasteiger partial charge is 0.242 e. The van der Waals surface area contributed by atoms with Crippen LogP contribution in [0, 0.1) is 0 Å². The van der Waals surface area contributed by atoms with Gasteiger partial charge in [0.15, 0.2) is 11.5 Å². The van der Waals surface area contributed by atoms with Crippen molar-refractivity contribution in [1.29, 1.82) is 0 Å². The van der Waals surface area contributed by atoms with Crippen LogP contribution >= 0.6 is 0 Å². The van der Waals surface area contributed by atoms with E-state index in [0.29, 0.717) is 24.5 Å². The second kappa shape index (κ2) is 9.94. The Balaban J connectivity index is 1.73. The van der Waals surface area contributed by atoms with Crippen molar-refractivity contribution in [2.45, 2.75) is 58.7 Å². The van der Waals surface area contributed by atoms with Gasteiger partial charge in [-0.1, -0.05) is 18.2 Å². The predicted molar refractivity (Wildman–Crippen MR) is 122 cm³/mol. The van der Waals surface area contributed by atoms with Crippen LogP contribution in [0.2, 0.25) is 0 Å². The number of hydrogen-bond donors (Lipinski definition) is 1. The van der Waals surface area contributed by atoms with Crippen LogP contribution in [0.4, 0.5) is 0 Å². The highest BCUT2D eigenvalue weighted by Crippen LogP contribution is 2.32. The Bertz CT molecular complexity index is 950. The van der Waals surface area contributed by atoms with Gasteiger partial charge in [0.05, 0.1) is 7.11 Å². The molecule has 0 fully saturated rings. The molecule has 0 radical (unpaired) electrons. The van der Waals surface area contributed by atoms with E-state index in [1.54, 1.807) is 18.9 Å². The zero-order chi connectivity index (χ0) is 23.3. The number of nitrogens with zero attached hydrogens (tertiary/aromatic N) is 1. The average molecular weight is 441 g/mol. The Morgan fingerprint density at radius 1 is 1.06 bits per heavy atom. The summed E-state index contributed by atoms with van der Waals surface area (Å²) < 4.78 is 16.0. The van der Waals surface area contributed by atoms with Crippen molar-refractivity contribution in [1.82, 2.24) is 10.2 Å². The first-order chi connectivity index (χ1) is 15.2. The first-order valence-electron chi connectivity index (χ1n) is 10.8. The van der Waals surface area contributed by atoms with Crippen molar-refractivity contribution in [3.05, 3.63) is 53.6 Å². The third-order valence-electron chi connectivity index (χ3n) is 5.24. The lowest BCUT2D eigenvalue weighted by molar-refractivity contribution is -0.141. The van der Waals surface area contributed by atoms with Crippen molar-refractivity contribution in [3.8, 4) is 17.2 Å². The Labute approximate surface area is 189 Å². The van der Waals surface area contributed by atoms with E-state index in [9.17, 15) is 9.59 Å². The van der Waals surface area contributed by atoms with Gasteiger partial charge < -0.3 is 24.4 Å². The van der Waals surface area contributed by atoms with Crippen LogP contribution in [-0.4, -0.2) is 42.2 Å². The third-order valence-corrected chi connectivity index (χ3v) is 5.24. The summed E-state index contributed by atoms with van der Waals surface area (Å²) in [5.74, 6) is 1.89. The highest BCUT2D eigenvalue weighted by Gasteiger charge is 2.28. The fourth-order valence-electron chi connectivity index (χ4n) is 3.48. The molecule has 1 aliphatic rings. The first kappa shape index (κ1) is 23.4. The quantitative estimate of drug-likeness (QED) is 0.678. The fraction of sp³-hybridized carbons (Fsp3) is 0.440. The zero-order valence-corrected chi connectivity index (χ0v) is 19.4. The summed E-state index contributed by atoms with van der Waals surface area (Å²) in [5.41, 5.74) is 1.53. The van der Waals surface area contributed by atoms with Gasteiger partial charge in [0.2, 0.25) is 18.6 Å². The number of rotatable bonds is 8. The van der Waals surface area contributed by atoms with Crippen molar-refractivity contribution in [3.63, 3.8) is 0 Å². The molecule has 0 unspecified atom stereocenters. The Morgan fingerprint density at radius 2 is 1.72 bits per heavy atom. The molecule has 3 rings (SSSR count). The minimum atomic E-state index is -0.611. The number of fused-ring (bicyclic) bond motifs is 1. The fourth-order valence-corrected chi connectivity index (χ4v) is 3.48. The van der Waals surface area contributed by atoms with Crippen LogP contribution in [0.5, 0.6) is 17.2 Å². The first-order valence-corrected chi connectivity index (χ1v) is 10.8. The van der Waals surface area contributed by atoms with E-state index in [-0.39, 0.29) is 30.6 Å². The van der Waals surface area contributed by atoms with E-state index in [0.717, 1.165) is 16.9 Å². The lowest BCUT2D eigenvalue weighted by Crippen LogP contribution is -2.52. The number of methoxy groups -OCH3 is 1. The number of carbonyl (C=O) groups is 2. The number of ether oxygens (including phenoxy) is 3. The number of benzene rings is 2. The lowest BCUT2D eigenvalue weighted by atomic mass is 10.1. The molecule has 1 aliphatic heterocycles. The Hall–Kier alpha value is -3.22. The molecule has 0 aliphatic carbocycles. The largest absolute Gasteiger partial charge is 0.497 e. The van der Waals surface area contributed by atoms with Gasteiger partial charge in [-0.3, -0.25) is 9.59 Å². The molecular formula is C25H32N2O5. The van der Waals surface area contributed by atoms with Crippen molar-refractivity contribution >= 4 is 11.8 Å². The molecule has 172 valence electrons. The molecule has 2 amide bonds. The van der Waals surface area contributed by atoms with E-state index in [1.807, 2.05) is 63.2 Å². The average Bonchev–Trinajstić information content (AvgIpc) is 3.22. The minimum absolute atomic E-state index is 0.0879. The van der Waals surface area contributed by atoms with Crippen LogP contribution in [0.25, 0.3) is 0 Å². The van der Waals surface area contributed by atoms with Gasteiger partial charge in [-0.15, -0.1) is 0 Å². The van der Waals surface area contributed by atoms with Gasteiger partial charge in [-0.05, 0) is 69.5 Å². The van der Waals surface area contributed by atoms with E-state index in [4.69, 9.17) is 14.2 Å². The molecule has 7 heteroatoms. The standard InChI is InChI=1S/C25H32N2O5/c1-17(24(29)26-25(2,3)4)27(15-19-6-10-20(30-5)11-7-19)23(28)13-9-18-8-12-21-22(14-18)32-16-31-21/h6-8,10-12,14,17H,9,13,15-16H2,1-5H3,(H,26,29)/t17-/m0/s1. The lowest BCUT2D eigenvalue weighted by Gasteiger charge is -2.31. The maximum Gasteiger partial charge on any atom is 0.242 e. The summed E-state index contributed by atoms with van der Waals surface area (Å²) in [7, 11) is 1.61. The van der Waals surface area contributed by atoms with E-state index in [1.165, 1.54) is 0 Å². The number of hydrogen-bond acceptors (Lipinski definition) is 5. The summed E-state index contributed by atoms with van der Waals surface area (Å²) in [6, 6.07) is 12.6. The van der Waals surface area contributed by atoms with Gasteiger partial charge in [0.1, 0.15) is 11.8 Å². The SMILES string of the molecule is COc1ccc(CN(C(=O)CCc2ccc3c(c2)OCO3)[C@@H](C)C(=O)NC(C)(C)C)cc1. The highest BCUT2D eigenvalue weighted by molar-refractivity contribution is 5.87. The monoisotopic (exact) mass is 440 g/mol. The second-order valence-corrected chi connectivity index (χ2v) is 8.97. The molecule has 2 aromatic rings. The van der Waals surface area contributed by atoms with E-state index in [2.05, 4.69) is 5.32 Å². The molecule has 0 saturated carbocycles. The van der Waals surface area contributed by atoms with Gasteiger partial charge >= 0.3 is 0 Å². The summed E-state index contributed by atoms with van der Waals surface area (Å²) in [4.78, 5) is 27.7. The summed E-state index contributed by atoms with van der Waals surface area (Å²) in [5, 5.41) is 2.98. The molecule has 2 aromatic carbocycles. The molecule has 32 heavy (non-hydrogen) atoms. The van der Waals surface area contributed by atoms with Gasteiger partial charge in [0, 0.05) is 18.5 Å². The zero-order valence-electron chi connectivity index (χ0n) is 19.4. The molecule has 0 aromatic heterocycles. The minimum Gasteiger partial charge on any atom is -0.497 e. The van der Waals surface area contributed by atoms with Crippen LogP contribution in [0.3, 0.4) is 0 Å². The summed E-state index contributed by atoms with van der Waals surface area (Å²) >= 11 is 0. The van der Waals surface area contributed by atoms with Gasteiger partial charge in [-0.25, -0.2) is 0 Å². The molecule has 0 bridgehead atoms. The second-order valence-electron chi connectivity index (χ2n) is 8.97. The van der Waals surface area contributed by atoms with Crippen molar-refractivity contribution < 1.29 is 23.8 Å². The van der Waals surface area contributed by atoms with Crippen LogP contribution in [0.15, 0.2) is 42.5 Å². The van der Waals surface area contributed by atoms with E-state index >= 15 is 0 Å². The predicted octanol–water partition coefficient (Wildman–Crippen LogP) is 3.69. The van der Waals surface area contributed by atoms with Crippen LogP contribution in [-0.2, 0) is 22.6 Å². The van der Waals surface area contributed by atoms with Crippen molar-refractivity contribution in [2.24, 2.45) is 0 Å². The van der Waals surface area contributed by atoms with E-state index < -0.39 is 6.04 Å². The Kier molecular flexibility index (Phi) is 7.28. The van der Waals surface area contributed by atoms with Crippen LogP contribution < -0.4 is 19.5 Å².